The predicted molar refractivity (Wildman–Crippen MR) is 97.0 cm³/mol. The summed E-state index contributed by atoms with van der Waals surface area (Å²) in [5.74, 6) is 0.246. The molecule has 24 heavy (non-hydrogen) atoms. The van der Waals surface area contributed by atoms with Crippen molar-refractivity contribution in [2.75, 3.05) is 5.73 Å². The highest BCUT2D eigenvalue weighted by molar-refractivity contribution is 5.91. The number of unbranched alkanes of at least 4 members (excludes halogenated alkanes) is 1. The molecule has 2 aromatic carbocycles. The number of aromatic nitrogens is 2. The van der Waals surface area contributed by atoms with E-state index in [-0.39, 0.29) is 12.3 Å². The molecule has 4 N–H and O–H groups in total. The molecule has 3 aromatic rings. The maximum Gasteiger partial charge on any atom is 0.221 e. The van der Waals surface area contributed by atoms with E-state index in [4.69, 9.17) is 11.5 Å². The minimum Gasteiger partial charge on any atom is -0.384 e. The molecule has 0 saturated heterocycles. The molecule has 0 aliphatic heterocycles. The van der Waals surface area contributed by atoms with Gasteiger partial charge >= 0.3 is 0 Å². The molecule has 0 spiro atoms. The van der Waals surface area contributed by atoms with Gasteiger partial charge in [0.15, 0.2) is 0 Å². The largest absolute Gasteiger partial charge is 0.384 e. The fraction of sp³-hybridized carbons (Fsp3) is 0.263. The third-order valence-corrected chi connectivity index (χ3v) is 4.12. The first-order valence-electron chi connectivity index (χ1n) is 8.23. The number of carbonyl (C=O) groups is 1. The second-order valence-corrected chi connectivity index (χ2v) is 6.05. The van der Waals surface area contributed by atoms with Crippen molar-refractivity contribution >= 4 is 22.5 Å². The van der Waals surface area contributed by atoms with Crippen molar-refractivity contribution in [3.05, 3.63) is 53.7 Å². The Labute approximate surface area is 141 Å². The monoisotopic (exact) mass is 322 g/mol. The number of primary amides is 1. The first-order chi connectivity index (χ1) is 11.6. The van der Waals surface area contributed by atoms with Gasteiger partial charge < -0.3 is 11.5 Å². The molecule has 1 aromatic heterocycles. The van der Waals surface area contributed by atoms with Crippen LogP contribution in [0.5, 0.6) is 0 Å². The van der Waals surface area contributed by atoms with Crippen LogP contribution in [0.1, 0.15) is 31.0 Å². The highest BCUT2D eigenvalue weighted by Crippen LogP contribution is 2.25. The van der Waals surface area contributed by atoms with Crippen molar-refractivity contribution in [2.24, 2.45) is 5.73 Å². The number of benzene rings is 2. The fourth-order valence-electron chi connectivity index (χ4n) is 2.96. The Morgan fingerprint density at radius 3 is 2.75 bits per heavy atom. The van der Waals surface area contributed by atoms with Gasteiger partial charge in [0.1, 0.15) is 5.82 Å². The van der Waals surface area contributed by atoms with Crippen LogP contribution in [-0.4, -0.2) is 15.7 Å². The van der Waals surface area contributed by atoms with Crippen molar-refractivity contribution in [3.63, 3.8) is 0 Å². The van der Waals surface area contributed by atoms with Crippen LogP contribution in [0.3, 0.4) is 0 Å². The van der Waals surface area contributed by atoms with Crippen LogP contribution in [0.25, 0.3) is 16.5 Å². The number of anilines is 1. The lowest BCUT2D eigenvalue weighted by atomic mass is 10.0. The maximum atomic E-state index is 11.4. The molecule has 0 unspecified atom stereocenters. The molecular formula is C19H22N4O. The summed E-state index contributed by atoms with van der Waals surface area (Å²) in [7, 11) is 0. The number of nitrogens with two attached hydrogens (primary N) is 2. The Bertz CT molecular complexity index is 882. The van der Waals surface area contributed by atoms with Crippen LogP contribution in [0.15, 0.2) is 42.5 Å². The molecule has 0 fully saturated rings. The van der Waals surface area contributed by atoms with Crippen molar-refractivity contribution in [1.82, 2.24) is 9.78 Å². The molecule has 0 radical (unpaired) electrons. The summed E-state index contributed by atoms with van der Waals surface area (Å²) in [4.78, 5) is 11.4. The molecule has 3 rings (SSSR count). The van der Waals surface area contributed by atoms with E-state index >= 15 is 0 Å². The number of nitrogens with zero attached hydrogens (tertiary/aromatic N) is 2. The first-order valence-corrected chi connectivity index (χ1v) is 8.23. The van der Waals surface area contributed by atoms with Gasteiger partial charge in [0.2, 0.25) is 5.91 Å². The second-order valence-electron chi connectivity index (χ2n) is 6.05. The van der Waals surface area contributed by atoms with E-state index in [1.54, 1.807) is 4.68 Å². The van der Waals surface area contributed by atoms with Crippen LogP contribution < -0.4 is 11.5 Å². The number of nitrogen functional groups attached to an aromatic ring is 1. The van der Waals surface area contributed by atoms with Gasteiger partial charge in [-0.25, -0.2) is 4.68 Å². The minimum atomic E-state index is -0.352. The number of hydrogen-bond donors (Lipinski definition) is 2. The van der Waals surface area contributed by atoms with E-state index in [9.17, 15) is 4.79 Å². The summed E-state index contributed by atoms with van der Waals surface area (Å²) in [5.41, 5.74) is 14.3. The third-order valence-electron chi connectivity index (χ3n) is 4.12. The Hall–Kier alpha value is -2.82. The summed E-state index contributed by atoms with van der Waals surface area (Å²) in [6.45, 7) is 2.15. The Balaban J connectivity index is 2.09. The molecule has 0 atom stereocenters. The molecule has 1 heterocycles. The van der Waals surface area contributed by atoms with Gasteiger partial charge in [-0.3, -0.25) is 4.79 Å². The van der Waals surface area contributed by atoms with Crippen LogP contribution >= 0.6 is 0 Å². The summed E-state index contributed by atoms with van der Waals surface area (Å²) >= 11 is 0. The summed E-state index contributed by atoms with van der Waals surface area (Å²) < 4.78 is 1.74. The molecule has 0 saturated carbocycles. The standard InChI is InChI=1S/C19H22N4O/c1-2-3-7-15-12-18(20)23(22-15)16-9-13-6-4-5-8-17(13)14(10-16)11-19(21)24/h4-6,8-10,12H,2-3,7,11,20H2,1H3,(H2,21,24). The Kier molecular flexibility index (Phi) is 4.51. The van der Waals surface area contributed by atoms with Gasteiger partial charge in [-0.05, 0) is 41.3 Å². The quantitative estimate of drug-likeness (QED) is 0.731. The van der Waals surface area contributed by atoms with Crippen LogP contribution in [0.4, 0.5) is 5.82 Å². The predicted octanol–water partition coefficient (Wildman–Crippen LogP) is 2.98. The number of amides is 1. The lowest BCUT2D eigenvalue weighted by Gasteiger charge is -2.10. The molecule has 5 nitrogen and oxygen atoms in total. The van der Waals surface area contributed by atoms with Crippen molar-refractivity contribution in [3.8, 4) is 5.69 Å². The Morgan fingerprint density at radius 1 is 1.21 bits per heavy atom. The molecular weight excluding hydrogens is 300 g/mol. The number of fused-ring (bicyclic) bond motifs is 1. The smallest absolute Gasteiger partial charge is 0.221 e. The number of aryl methyl sites for hydroxylation is 1. The zero-order chi connectivity index (χ0) is 17.1. The topological polar surface area (TPSA) is 86.9 Å². The highest BCUT2D eigenvalue weighted by Gasteiger charge is 2.11. The average molecular weight is 322 g/mol. The van der Waals surface area contributed by atoms with Gasteiger partial charge in [0.25, 0.3) is 0 Å². The van der Waals surface area contributed by atoms with E-state index in [1.165, 1.54) is 0 Å². The zero-order valence-electron chi connectivity index (χ0n) is 13.8. The molecule has 0 aliphatic rings. The summed E-state index contributed by atoms with van der Waals surface area (Å²) in [5, 5.41) is 6.68. The number of carbonyl (C=O) groups excluding carboxylic acids is 1. The van der Waals surface area contributed by atoms with E-state index in [0.29, 0.717) is 5.82 Å². The van der Waals surface area contributed by atoms with Crippen LogP contribution in [0, 0.1) is 0 Å². The van der Waals surface area contributed by atoms with Crippen LogP contribution in [0.2, 0.25) is 0 Å². The lowest BCUT2D eigenvalue weighted by Crippen LogP contribution is -2.14. The summed E-state index contributed by atoms with van der Waals surface area (Å²) in [6, 6.07) is 13.8. The van der Waals surface area contributed by atoms with E-state index in [2.05, 4.69) is 12.0 Å². The maximum absolute atomic E-state index is 11.4. The van der Waals surface area contributed by atoms with E-state index in [0.717, 1.165) is 47.0 Å². The third kappa shape index (κ3) is 3.25. The van der Waals surface area contributed by atoms with Gasteiger partial charge in [-0.15, -0.1) is 0 Å². The summed E-state index contributed by atoms with van der Waals surface area (Å²) in [6.07, 6.45) is 3.31. The average Bonchev–Trinajstić information content (AvgIpc) is 2.93. The van der Waals surface area contributed by atoms with Crippen molar-refractivity contribution in [2.45, 2.75) is 32.6 Å². The molecule has 124 valence electrons. The number of rotatable bonds is 6. The second kappa shape index (κ2) is 6.74. The molecule has 1 amide bonds. The van der Waals surface area contributed by atoms with Gasteiger partial charge in [-0.1, -0.05) is 37.6 Å². The van der Waals surface area contributed by atoms with Gasteiger partial charge in [0, 0.05) is 6.07 Å². The van der Waals surface area contributed by atoms with E-state index in [1.807, 2.05) is 42.5 Å². The van der Waals surface area contributed by atoms with Crippen LogP contribution in [-0.2, 0) is 17.6 Å². The molecule has 5 heteroatoms. The first kappa shape index (κ1) is 16.1. The SMILES string of the molecule is CCCCc1cc(N)n(-c2cc(CC(N)=O)c3ccccc3c2)n1. The minimum absolute atomic E-state index is 0.193. The van der Waals surface area contributed by atoms with Crippen molar-refractivity contribution < 1.29 is 4.79 Å². The Morgan fingerprint density at radius 2 is 2.00 bits per heavy atom. The van der Waals surface area contributed by atoms with Gasteiger partial charge in [0.05, 0.1) is 17.8 Å². The fourth-order valence-corrected chi connectivity index (χ4v) is 2.96. The highest BCUT2D eigenvalue weighted by atomic mass is 16.1. The molecule has 0 bridgehead atoms. The zero-order valence-corrected chi connectivity index (χ0v) is 13.8. The normalized spacial score (nSPS) is 11.0. The number of hydrogen-bond acceptors (Lipinski definition) is 3. The molecule has 0 aliphatic carbocycles. The van der Waals surface area contributed by atoms with Crippen molar-refractivity contribution in [1.29, 1.82) is 0 Å². The lowest BCUT2D eigenvalue weighted by molar-refractivity contribution is -0.117. The van der Waals surface area contributed by atoms with Gasteiger partial charge in [-0.2, -0.15) is 5.10 Å². The van der Waals surface area contributed by atoms with E-state index < -0.39 is 0 Å².